The zero-order valence-corrected chi connectivity index (χ0v) is 25.9. The number of anilines is 1. The molecule has 214 valence electrons. The van der Waals surface area contributed by atoms with Crippen molar-refractivity contribution in [2.45, 2.75) is 46.2 Å². The number of nitrogens with zero attached hydrogens (tertiary/aromatic N) is 2. The van der Waals surface area contributed by atoms with E-state index in [0.29, 0.717) is 12.2 Å². The fourth-order valence-corrected chi connectivity index (χ4v) is 5.62. The van der Waals surface area contributed by atoms with E-state index < -0.39 is 28.5 Å². The van der Waals surface area contributed by atoms with E-state index in [9.17, 15) is 18.0 Å². The number of aryl methyl sites for hydroxylation is 1. The van der Waals surface area contributed by atoms with Crippen LogP contribution >= 0.6 is 15.9 Å². The highest BCUT2D eigenvalue weighted by atomic mass is 79.9. The van der Waals surface area contributed by atoms with Crippen LogP contribution < -0.4 is 9.62 Å². The number of halogens is 1. The molecule has 3 rings (SSSR count). The van der Waals surface area contributed by atoms with Gasteiger partial charge in [0.05, 0.1) is 11.9 Å². The summed E-state index contributed by atoms with van der Waals surface area (Å²) >= 11 is 3.49. The van der Waals surface area contributed by atoms with Crippen LogP contribution in [0, 0.1) is 5.92 Å². The van der Waals surface area contributed by atoms with Crippen molar-refractivity contribution < 1.29 is 18.0 Å². The van der Waals surface area contributed by atoms with Crippen molar-refractivity contribution in [3.05, 3.63) is 100 Å². The van der Waals surface area contributed by atoms with Crippen LogP contribution in [0.3, 0.4) is 0 Å². The lowest BCUT2D eigenvalue weighted by atomic mass is 10.0. The molecule has 0 saturated heterocycles. The second kappa shape index (κ2) is 14.5. The highest BCUT2D eigenvalue weighted by Gasteiger charge is 2.33. The van der Waals surface area contributed by atoms with Crippen LogP contribution in [0.5, 0.6) is 0 Å². The quantitative estimate of drug-likeness (QED) is 0.283. The summed E-state index contributed by atoms with van der Waals surface area (Å²) in [5.74, 6) is -0.521. The van der Waals surface area contributed by atoms with Gasteiger partial charge in [0.1, 0.15) is 12.6 Å². The minimum absolute atomic E-state index is 0.136. The Morgan fingerprint density at radius 2 is 1.55 bits per heavy atom. The maximum absolute atomic E-state index is 14.1. The largest absolute Gasteiger partial charge is 0.354 e. The number of benzene rings is 3. The lowest BCUT2D eigenvalue weighted by Gasteiger charge is -2.33. The topological polar surface area (TPSA) is 86.8 Å². The van der Waals surface area contributed by atoms with Crippen molar-refractivity contribution in [2.75, 3.05) is 23.7 Å². The fourth-order valence-electron chi connectivity index (χ4n) is 4.32. The molecular formula is C31H38BrN3O4S. The number of amides is 2. The Kier molecular flexibility index (Phi) is 11.3. The maximum atomic E-state index is 14.1. The monoisotopic (exact) mass is 627 g/mol. The van der Waals surface area contributed by atoms with Gasteiger partial charge in [-0.2, -0.15) is 0 Å². The summed E-state index contributed by atoms with van der Waals surface area (Å²) < 4.78 is 27.7. The molecule has 40 heavy (non-hydrogen) atoms. The molecule has 0 aliphatic rings. The summed E-state index contributed by atoms with van der Waals surface area (Å²) in [5, 5.41) is 2.99. The molecule has 1 N–H and O–H groups in total. The standard InChI is InChI=1S/C31H38BrN3O4S/c1-5-24-14-16-28(17-15-24)35(40(4,38)39)22-30(36)34(21-26-12-9-13-27(32)18-26)29(31(37)33-20-23(2)3)19-25-10-7-6-8-11-25/h6-18,23,29H,5,19-22H2,1-4H3,(H,33,37). The van der Waals surface area contributed by atoms with Crippen LogP contribution in [0.2, 0.25) is 0 Å². The number of carbonyl (C=O) groups is 2. The zero-order valence-electron chi connectivity index (χ0n) is 23.5. The molecule has 0 bridgehead atoms. The van der Waals surface area contributed by atoms with Crippen molar-refractivity contribution in [1.82, 2.24) is 10.2 Å². The van der Waals surface area contributed by atoms with Crippen LogP contribution in [-0.2, 0) is 39.0 Å². The van der Waals surface area contributed by atoms with Crippen molar-refractivity contribution >= 4 is 43.5 Å². The molecule has 0 fully saturated rings. The predicted octanol–water partition coefficient (Wildman–Crippen LogP) is 5.19. The van der Waals surface area contributed by atoms with E-state index in [2.05, 4.69) is 21.2 Å². The summed E-state index contributed by atoms with van der Waals surface area (Å²) in [5.41, 5.74) is 3.17. The number of nitrogens with one attached hydrogen (secondary N) is 1. The number of rotatable bonds is 13. The van der Waals surface area contributed by atoms with Gasteiger partial charge in [-0.05, 0) is 53.3 Å². The smallest absolute Gasteiger partial charge is 0.244 e. The number of carbonyl (C=O) groups excluding carboxylic acids is 2. The first kappa shape index (κ1) is 31.4. The van der Waals surface area contributed by atoms with Gasteiger partial charge in [-0.25, -0.2) is 8.42 Å². The summed E-state index contributed by atoms with van der Waals surface area (Å²) in [7, 11) is -3.79. The lowest BCUT2D eigenvalue weighted by molar-refractivity contribution is -0.140. The Morgan fingerprint density at radius 1 is 0.900 bits per heavy atom. The van der Waals surface area contributed by atoms with E-state index in [-0.39, 0.29) is 24.8 Å². The van der Waals surface area contributed by atoms with Gasteiger partial charge in [-0.3, -0.25) is 13.9 Å². The number of hydrogen-bond donors (Lipinski definition) is 1. The molecule has 0 aliphatic heterocycles. The van der Waals surface area contributed by atoms with Gasteiger partial charge >= 0.3 is 0 Å². The Labute approximate surface area is 246 Å². The summed E-state index contributed by atoms with van der Waals surface area (Å²) in [6, 6.07) is 23.3. The van der Waals surface area contributed by atoms with Gasteiger partial charge in [-0.15, -0.1) is 0 Å². The Balaban J connectivity index is 2.03. The van der Waals surface area contributed by atoms with E-state index in [1.54, 1.807) is 12.1 Å². The third-order valence-electron chi connectivity index (χ3n) is 6.51. The molecule has 9 heteroatoms. The number of hydrogen-bond acceptors (Lipinski definition) is 4. The average Bonchev–Trinajstić information content (AvgIpc) is 2.92. The minimum atomic E-state index is -3.79. The molecule has 1 atom stereocenters. The van der Waals surface area contributed by atoms with Crippen molar-refractivity contribution in [2.24, 2.45) is 5.92 Å². The van der Waals surface area contributed by atoms with Gasteiger partial charge in [0.25, 0.3) is 0 Å². The second-order valence-electron chi connectivity index (χ2n) is 10.3. The SMILES string of the molecule is CCc1ccc(N(CC(=O)N(Cc2cccc(Br)c2)C(Cc2ccccc2)C(=O)NCC(C)C)S(C)(=O)=O)cc1. The van der Waals surface area contributed by atoms with Crippen LogP contribution in [-0.4, -0.2) is 50.5 Å². The molecule has 7 nitrogen and oxygen atoms in total. The first-order chi connectivity index (χ1) is 19.0. The summed E-state index contributed by atoms with van der Waals surface area (Å²) in [4.78, 5) is 29.2. The van der Waals surface area contributed by atoms with Crippen LogP contribution in [0.1, 0.15) is 37.5 Å². The molecule has 3 aromatic carbocycles. The molecule has 3 aromatic rings. The van der Waals surface area contributed by atoms with Crippen molar-refractivity contribution in [3.63, 3.8) is 0 Å². The first-order valence-electron chi connectivity index (χ1n) is 13.4. The molecular weight excluding hydrogens is 590 g/mol. The van der Waals surface area contributed by atoms with E-state index >= 15 is 0 Å². The molecule has 0 saturated carbocycles. The first-order valence-corrected chi connectivity index (χ1v) is 16.0. The van der Waals surface area contributed by atoms with Gasteiger partial charge in [0.15, 0.2) is 0 Å². The zero-order chi connectivity index (χ0) is 29.3. The lowest BCUT2D eigenvalue weighted by Crippen LogP contribution is -2.53. The van der Waals surface area contributed by atoms with Crippen LogP contribution in [0.15, 0.2) is 83.3 Å². The van der Waals surface area contributed by atoms with Crippen LogP contribution in [0.25, 0.3) is 0 Å². The fraction of sp³-hybridized carbons (Fsp3) is 0.355. The summed E-state index contributed by atoms with van der Waals surface area (Å²) in [6.07, 6.45) is 2.18. The molecule has 0 aliphatic carbocycles. The molecule has 1 unspecified atom stereocenters. The normalized spacial score (nSPS) is 12.2. The van der Waals surface area contributed by atoms with E-state index in [0.717, 1.165) is 38.1 Å². The Bertz CT molecular complexity index is 1380. The minimum Gasteiger partial charge on any atom is -0.354 e. The molecule has 0 spiro atoms. The molecule has 2 amide bonds. The van der Waals surface area contributed by atoms with Gasteiger partial charge < -0.3 is 10.2 Å². The number of sulfonamides is 1. The Hall–Kier alpha value is -3.17. The van der Waals surface area contributed by atoms with E-state index in [1.807, 2.05) is 87.5 Å². The Morgan fingerprint density at radius 3 is 2.12 bits per heavy atom. The highest BCUT2D eigenvalue weighted by molar-refractivity contribution is 9.10. The molecule has 0 radical (unpaired) electrons. The highest BCUT2D eigenvalue weighted by Crippen LogP contribution is 2.22. The molecule has 0 aromatic heterocycles. The third-order valence-corrected chi connectivity index (χ3v) is 8.14. The second-order valence-corrected chi connectivity index (χ2v) is 13.1. The van der Waals surface area contributed by atoms with Crippen molar-refractivity contribution in [1.29, 1.82) is 0 Å². The molecule has 0 heterocycles. The predicted molar refractivity (Wildman–Crippen MR) is 164 cm³/mol. The van der Waals surface area contributed by atoms with Gasteiger partial charge in [0.2, 0.25) is 21.8 Å². The maximum Gasteiger partial charge on any atom is 0.244 e. The van der Waals surface area contributed by atoms with Crippen molar-refractivity contribution in [3.8, 4) is 0 Å². The summed E-state index contributed by atoms with van der Waals surface area (Å²) in [6.45, 7) is 6.19. The van der Waals surface area contributed by atoms with Gasteiger partial charge in [0, 0.05) is 24.0 Å². The van der Waals surface area contributed by atoms with Crippen LogP contribution in [0.4, 0.5) is 5.69 Å². The van der Waals surface area contributed by atoms with E-state index in [4.69, 9.17) is 0 Å². The average molecular weight is 629 g/mol. The third kappa shape index (κ3) is 9.20. The van der Waals surface area contributed by atoms with E-state index in [1.165, 1.54) is 4.90 Å². The van der Waals surface area contributed by atoms with Gasteiger partial charge in [-0.1, -0.05) is 91.3 Å².